The first-order valence-corrected chi connectivity index (χ1v) is 8.49. The van der Waals surface area contributed by atoms with Gasteiger partial charge < -0.3 is 14.0 Å². The Morgan fingerprint density at radius 3 is 2.62 bits per heavy atom. The minimum absolute atomic E-state index is 0.180. The number of nitrogens with zero attached hydrogens (tertiary/aromatic N) is 1. The van der Waals surface area contributed by atoms with Crippen LogP contribution in [0.15, 0.2) is 47.3 Å². The van der Waals surface area contributed by atoms with Crippen LogP contribution in [0.3, 0.4) is 0 Å². The minimum Gasteiger partial charge on any atom is -0.497 e. The molecule has 26 heavy (non-hydrogen) atoms. The highest BCUT2D eigenvalue weighted by Crippen LogP contribution is 2.34. The topological polar surface area (TPSA) is 57.5 Å². The zero-order valence-electron chi connectivity index (χ0n) is 14.7. The van der Waals surface area contributed by atoms with E-state index >= 15 is 0 Å². The number of benzene rings is 2. The van der Waals surface area contributed by atoms with Gasteiger partial charge in [0, 0.05) is 23.0 Å². The minimum atomic E-state index is -0.563. The molecular formula is C20H18ClNO4. The molecule has 2 aromatic carbocycles. The third-order valence-electron chi connectivity index (χ3n) is 4.19. The lowest BCUT2D eigenvalue weighted by Crippen LogP contribution is -2.26. The second kappa shape index (κ2) is 7.22. The molecule has 1 heterocycles. The standard InChI is InChI=1S/C20H18ClNO4/c1-4-26-20(24)18-17(12-6-5-7-14(10-12)25-3)16-11-13(21)8-9-15(16)19(23)22(18)2/h5-11H,4H2,1-3H3. The van der Waals surface area contributed by atoms with Gasteiger partial charge in [-0.3, -0.25) is 4.79 Å². The summed E-state index contributed by atoms with van der Waals surface area (Å²) in [5.74, 6) is 0.0770. The number of methoxy groups -OCH3 is 1. The van der Waals surface area contributed by atoms with Crippen molar-refractivity contribution in [1.82, 2.24) is 4.57 Å². The van der Waals surface area contributed by atoms with Crippen LogP contribution in [-0.4, -0.2) is 24.3 Å². The molecule has 0 bridgehead atoms. The van der Waals surface area contributed by atoms with E-state index in [9.17, 15) is 9.59 Å². The summed E-state index contributed by atoms with van der Waals surface area (Å²) in [6, 6.07) is 12.3. The second-order valence-electron chi connectivity index (χ2n) is 5.73. The molecule has 1 aromatic heterocycles. The fourth-order valence-corrected chi connectivity index (χ4v) is 3.17. The Hall–Kier alpha value is -2.79. The normalized spacial score (nSPS) is 10.8. The van der Waals surface area contributed by atoms with Crippen LogP contribution >= 0.6 is 11.6 Å². The van der Waals surface area contributed by atoms with E-state index in [4.69, 9.17) is 21.1 Å². The molecule has 0 amide bonds. The van der Waals surface area contributed by atoms with E-state index < -0.39 is 5.97 Å². The smallest absolute Gasteiger partial charge is 0.355 e. The van der Waals surface area contributed by atoms with E-state index in [-0.39, 0.29) is 17.9 Å². The summed E-state index contributed by atoms with van der Waals surface area (Å²) < 4.78 is 11.8. The van der Waals surface area contributed by atoms with Crippen molar-refractivity contribution in [2.45, 2.75) is 6.92 Å². The van der Waals surface area contributed by atoms with Gasteiger partial charge in [0.15, 0.2) is 0 Å². The Labute approximate surface area is 155 Å². The van der Waals surface area contributed by atoms with Crippen LogP contribution in [0, 0.1) is 0 Å². The monoisotopic (exact) mass is 371 g/mol. The van der Waals surface area contributed by atoms with Crippen molar-refractivity contribution >= 4 is 28.3 Å². The molecule has 0 atom stereocenters. The van der Waals surface area contributed by atoms with Gasteiger partial charge >= 0.3 is 5.97 Å². The summed E-state index contributed by atoms with van der Waals surface area (Å²) in [7, 11) is 3.13. The Bertz CT molecular complexity index is 1060. The third kappa shape index (κ3) is 3.06. The van der Waals surface area contributed by atoms with Crippen LogP contribution in [-0.2, 0) is 11.8 Å². The van der Waals surface area contributed by atoms with E-state index in [1.165, 1.54) is 4.57 Å². The van der Waals surface area contributed by atoms with E-state index in [2.05, 4.69) is 0 Å². The van der Waals surface area contributed by atoms with E-state index in [0.717, 1.165) is 5.56 Å². The van der Waals surface area contributed by atoms with Gasteiger partial charge in [0.25, 0.3) is 5.56 Å². The number of carbonyl (C=O) groups is 1. The highest BCUT2D eigenvalue weighted by Gasteiger charge is 2.23. The van der Waals surface area contributed by atoms with Gasteiger partial charge in [-0.1, -0.05) is 23.7 Å². The number of esters is 1. The fourth-order valence-electron chi connectivity index (χ4n) is 3.00. The number of hydrogen-bond acceptors (Lipinski definition) is 4. The molecule has 0 radical (unpaired) electrons. The van der Waals surface area contributed by atoms with Gasteiger partial charge in [-0.2, -0.15) is 0 Å². The number of rotatable bonds is 4. The lowest BCUT2D eigenvalue weighted by Gasteiger charge is -2.17. The van der Waals surface area contributed by atoms with Crippen LogP contribution < -0.4 is 10.3 Å². The number of fused-ring (bicyclic) bond motifs is 1. The highest BCUT2D eigenvalue weighted by molar-refractivity contribution is 6.31. The quantitative estimate of drug-likeness (QED) is 0.649. The molecule has 0 fully saturated rings. The summed E-state index contributed by atoms with van der Waals surface area (Å²) in [5, 5.41) is 1.55. The molecule has 0 spiro atoms. The lowest BCUT2D eigenvalue weighted by atomic mass is 9.96. The molecular weight excluding hydrogens is 354 g/mol. The number of pyridine rings is 1. The van der Waals surface area contributed by atoms with Crippen LogP contribution in [0.4, 0.5) is 0 Å². The van der Waals surface area contributed by atoms with Gasteiger partial charge in [-0.15, -0.1) is 0 Å². The van der Waals surface area contributed by atoms with Gasteiger partial charge in [0.2, 0.25) is 0 Å². The summed E-state index contributed by atoms with van der Waals surface area (Å²) in [6.07, 6.45) is 0. The van der Waals surface area contributed by atoms with Crippen LogP contribution in [0.5, 0.6) is 5.75 Å². The van der Waals surface area contributed by atoms with E-state index in [0.29, 0.717) is 27.1 Å². The van der Waals surface area contributed by atoms with Gasteiger partial charge in [-0.05, 0) is 48.2 Å². The van der Waals surface area contributed by atoms with Crippen molar-refractivity contribution in [3.8, 4) is 16.9 Å². The summed E-state index contributed by atoms with van der Waals surface area (Å²) in [4.78, 5) is 25.4. The number of hydrogen-bond donors (Lipinski definition) is 0. The van der Waals surface area contributed by atoms with Gasteiger partial charge in [0.05, 0.1) is 13.7 Å². The van der Waals surface area contributed by atoms with Gasteiger partial charge in [-0.25, -0.2) is 4.79 Å². The molecule has 3 rings (SSSR count). The maximum atomic E-state index is 12.8. The van der Waals surface area contributed by atoms with Crippen molar-refractivity contribution in [2.24, 2.45) is 7.05 Å². The molecule has 5 nitrogen and oxygen atoms in total. The average molecular weight is 372 g/mol. The zero-order chi connectivity index (χ0) is 18.8. The maximum Gasteiger partial charge on any atom is 0.355 e. The first-order chi connectivity index (χ1) is 12.5. The summed E-state index contributed by atoms with van der Waals surface area (Å²) >= 11 is 6.17. The fraction of sp³-hybridized carbons (Fsp3) is 0.200. The molecule has 0 N–H and O–H groups in total. The molecule has 0 saturated heterocycles. The number of ether oxygens (including phenoxy) is 2. The maximum absolute atomic E-state index is 12.8. The second-order valence-corrected chi connectivity index (χ2v) is 6.17. The SMILES string of the molecule is CCOC(=O)c1c(-c2cccc(OC)c2)c2cc(Cl)ccc2c(=O)n1C. The van der Waals surface area contributed by atoms with Crippen molar-refractivity contribution < 1.29 is 14.3 Å². The predicted molar refractivity (Wildman–Crippen MR) is 102 cm³/mol. The summed E-state index contributed by atoms with van der Waals surface area (Å²) in [6.45, 7) is 1.93. The van der Waals surface area contributed by atoms with Crippen molar-refractivity contribution in [1.29, 1.82) is 0 Å². The van der Waals surface area contributed by atoms with E-state index in [1.54, 1.807) is 39.3 Å². The first kappa shape index (κ1) is 18.0. The van der Waals surface area contributed by atoms with Crippen molar-refractivity contribution in [3.05, 3.63) is 63.5 Å². The van der Waals surface area contributed by atoms with E-state index in [1.807, 2.05) is 24.3 Å². The number of aromatic nitrogens is 1. The molecule has 0 saturated carbocycles. The Balaban J connectivity index is 2.49. The molecule has 0 aliphatic rings. The predicted octanol–water partition coefficient (Wildman–Crippen LogP) is 4.04. The first-order valence-electron chi connectivity index (χ1n) is 8.11. The Morgan fingerprint density at radius 2 is 1.92 bits per heavy atom. The molecule has 0 aliphatic carbocycles. The van der Waals surface area contributed by atoms with Crippen LogP contribution in [0.2, 0.25) is 5.02 Å². The summed E-state index contributed by atoms with van der Waals surface area (Å²) in [5.41, 5.74) is 1.21. The molecule has 134 valence electrons. The Morgan fingerprint density at radius 1 is 1.15 bits per heavy atom. The lowest BCUT2D eigenvalue weighted by molar-refractivity contribution is 0.0515. The van der Waals surface area contributed by atoms with Crippen molar-refractivity contribution in [2.75, 3.05) is 13.7 Å². The van der Waals surface area contributed by atoms with Crippen LogP contribution in [0.25, 0.3) is 21.9 Å². The largest absolute Gasteiger partial charge is 0.497 e. The third-order valence-corrected chi connectivity index (χ3v) is 4.42. The number of carbonyl (C=O) groups excluding carboxylic acids is 1. The molecule has 3 aromatic rings. The number of halogens is 1. The Kier molecular flexibility index (Phi) is 5.00. The molecule has 6 heteroatoms. The van der Waals surface area contributed by atoms with Crippen molar-refractivity contribution in [3.63, 3.8) is 0 Å². The zero-order valence-corrected chi connectivity index (χ0v) is 15.5. The van der Waals surface area contributed by atoms with Crippen LogP contribution in [0.1, 0.15) is 17.4 Å². The average Bonchev–Trinajstić information content (AvgIpc) is 2.64. The molecule has 0 aliphatic heterocycles. The molecule has 0 unspecified atom stereocenters. The van der Waals surface area contributed by atoms with Gasteiger partial charge in [0.1, 0.15) is 11.4 Å². The highest BCUT2D eigenvalue weighted by atomic mass is 35.5.